The van der Waals surface area contributed by atoms with Crippen LogP contribution in [0.2, 0.25) is 0 Å². The van der Waals surface area contributed by atoms with Gasteiger partial charge in [0.1, 0.15) is 5.69 Å². The number of carbonyl (C=O) groups is 1. The summed E-state index contributed by atoms with van der Waals surface area (Å²) < 4.78 is 1.80. The van der Waals surface area contributed by atoms with Gasteiger partial charge in [0.25, 0.3) is 5.91 Å². The van der Waals surface area contributed by atoms with Crippen molar-refractivity contribution in [1.82, 2.24) is 25.3 Å². The van der Waals surface area contributed by atoms with E-state index < -0.39 is 5.60 Å². The van der Waals surface area contributed by atoms with Gasteiger partial charge in [-0.3, -0.25) is 14.6 Å². The topological polar surface area (TPSA) is 95.8 Å². The Kier molecular flexibility index (Phi) is 4.45. The number of H-pyrrole nitrogens is 1. The number of carbonyl (C=O) groups excluding carboxylic acids is 1. The molecule has 1 amide bonds. The zero-order valence-electron chi connectivity index (χ0n) is 14.5. The first-order valence-corrected chi connectivity index (χ1v) is 8.46. The maximum Gasteiger partial charge on any atom is 0.269 e. The molecular weight excluding hydrogens is 306 g/mol. The molecule has 2 aromatic rings. The molecule has 0 aromatic carbocycles. The highest BCUT2D eigenvalue weighted by atomic mass is 16.3. The summed E-state index contributed by atoms with van der Waals surface area (Å²) in [6.07, 6.45) is 4.68. The fraction of sp³-hybridized carbons (Fsp3) is 0.588. The molecule has 0 radical (unpaired) electrons. The van der Waals surface area contributed by atoms with Crippen molar-refractivity contribution in [3.05, 3.63) is 23.1 Å². The van der Waals surface area contributed by atoms with Crippen molar-refractivity contribution in [1.29, 1.82) is 0 Å². The van der Waals surface area contributed by atoms with E-state index in [1.165, 1.54) is 0 Å². The zero-order chi connectivity index (χ0) is 17.3. The lowest BCUT2D eigenvalue weighted by Crippen LogP contribution is -2.44. The van der Waals surface area contributed by atoms with Crippen LogP contribution in [0.4, 0.5) is 0 Å². The van der Waals surface area contributed by atoms with Crippen LogP contribution >= 0.6 is 0 Å². The van der Waals surface area contributed by atoms with Gasteiger partial charge in [-0.2, -0.15) is 10.2 Å². The van der Waals surface area contributed by atoms with Gasteiger partial charge in [-0.05, 0) is 32.8 Å². The van der Waals surface area contributed by atoms with Crippen molar-refractivity contribution >= 4 is 5.91 Å². The Bertz CT molecular complexity index is 740. The third-order valence-electron chi connectivity index (χ3n) is 4.95. The number of nitrogens with one attached hydrogen (secondary N) is 2. The molecule has 7 nitrogen and oxygen atoms in total. The molecule has 1 aliphatic rings. The van der Waals surface area contributed by atoms with Gasteiger partial charge in [-0.15, -0.1) is 0 Å². The van der Waals surface area contributed by atoms with Crippen LogP contribution in [0.5, 0.6) is 0 Å². The third kappa shape index (κ3) is 3.21. The van der Waals surface area contributed by atoms with Gasteiger partial charge in [0.15, 0.2) is 0 Å². The minimum atomic E-state index is -0.771. The third-order valence-corrected chi connectivity index (χ3v) is 4.95. The first-order valence-electron chi connectivity index (χ1n) is 8.46. The summed E-state index contributed by atoms with van der Waals surface area (Å²) >= 11 is 0. The number of aliphatic hydroxyl groups is 1. The molecular formula is C17H25N5O2. The number of hydrogen-bond acceptors (Lipinski definition) is 4. The minimum Gasteiger partial charge on any atom is -0.388 e. The molecule has 1 aliphatic carbocycles. The molecule has 3 N–H and O–H groups in total. The van der Waals surface area contributed by atoms with Crippen LogP contribution in [0.3, 0.4) is 0 Å². The number of aromatic nitrogens is 4. The van der Waals surface area contributed by atoms with Crippen LogP contribution in [-0.2, 0) is 7.05 Å². The van der Waals surface area contributed by atoms with Crippen molar-refractivity contribution in [3.8, 4) is 11.3 Å². The van der Waals surface area contributed by atoms with Crippen LogP contribution < -0.4 is 5.32 Å². The van der Waals surface area contributed by atoms with Gasteiger partial charge in [-0.1, -0.05) is 19.3 Å². The normalized spacial score (nSPS) is 17.0. The summed E-state index contributed by atoms with van der Waals surface area (Å²) in [6, 6.07) is 1.73. The van der Waals surface area contributed by atoms with Gasteiger partial charge in [-0.25, -0.2) is 0 Å². The monoisotopic (exact) mass is 331 g/mol. The molecule has 0 aliphatic heterocycles. The minimum absolute atomic E-state index is 0.244. The van der Waals surface area contributed by atoms with E-state index in [0.29, 0.717) is 11.4 Å². The largest absolute Gasteiger partial charge is 0.388 e. The predicted molar refractivity (Wildman–Crippen MR) is 90.6 cm³/mol. The summed E-state index contributed by atoms with van der Waals surface area (Å²) in [7, 11) is 1.89. The average Bonchev–Trinajstić information content (AvgIpc) is 3.11. The van der Waals surface area contributed by atoms with Gasteiger partial charge < -0.3 is 10.4 Å². The standard InChI is InChI=1S/C17H25N5O2/c1-11-15(12(2)22(3)21-11)13-9-14(20-19-13)16(23)18-10-17(24)7-5-4-6-8-17/h9,24H,4-8,10H2,1-3H3,(H,18,23)(H,19,20). The van der Waals surface area contributed by atoms with E-state index in [1.54, 1.807) is 10.7 Å². The van der Waals surface area contributed by atoms with Gasteiger partial charge in [0.2, 0.25) is 0 Å². The fourth-order valence-electron chi connectivity index (χ4n) is 3.44. The molecule has 1 saturated carbocycles. The lowest BCUT2D eigenvalue weighted by atomic mass is 9.85. The Balaban J connectivity index is 1.70. The van der Waals surface area contributed by atoms with Gasteiger partial charge in [0.05, 0.1) is 17.0 Å². The fourth-order valence-corrected chi connectivity index (χ4v) is 3.44. The number of nitrogens with zero attached hydrogens (tertiary/aromatic N) is 3. The van der Waals surface area contributed by atoms with Crippen molar-refractivity contribution in [2.75, 3.05) is 6.54 Å². The van der Waals surface area contributed by atoms with Crippen molar-refractivity contribution in [3.63, 3.8) is 0 Å². The first-order chi connectivity index (χ1) is 11.4. The number of rotatable bonds is 4. The molecule has 0 bridgehead atoms. The Labute approximate surface area is 141 Å². The molecule has 0 saturated heterocycles. The zero-order valence-corrected chi connectivity index (χ0v) is 14.5. The Morgan fingerprint density at radius 3 is 2.71 bits per heavy atom. The van der Waals surface area contributed by atoms with Crippen molar-refractivity contribution in [2.45, 2.75) is 51.6 Å². The van der Waals surface area contributed by atoms with E-state index in [1.807, 2.05) is 20.9 Å². The lowest BCUT2D eigenvalue weighted by molar-refractivity contribution is 0.00521. The Morgan fingerprint density at radius 1 is 1.38 bits per heavy atom. The number of hydrogen-bond donors (Lipinski definition) is 3. The molecule has 1 fully saturated rings. The number of amides is 1. The van der Waals surface area contributed by atoms with E-state index in [0.717, 1.165) is 49.1 Å². The van der Waals surface area contributed by atoms with Crippen molar-refractivity contribution < 1.29 is 9.90 Å². The average molecular weight is 331 g/mol. The second-order valence-electron chi connectivity index (χ2n) is 6.80. The molecule has 2 aromatic heterocycles. The van der Waals surface area contributed by atoms with E-state index in [9.17, 15) is 9.90 Å². The van der Waals surface area contributed by atoms with E-state index in [2.05, 4.69) is 20.6 Å². The van der Waals surface area contributed by atoms with E-state index in [-0.39, 0.29) is 12.5 Å². The molecule has 24 heavy (non-hydrogen) atoms. The molecule has 0 atom stereocenters. The van der Waals surface area contributed by atoms with Crippen LogP contribution in [0, 0.1) is 13.8 Å². The van der Waals surface area contributed by atoms with E-state index in [4.69, 9.17) is 0 Å². The van der Waals surface area contributed by atoms with Crippen LogP contribution in [0.1, 0.15) is 54.0 Å². The maximum absolute atomic E-state index is 12.3. The molecule has 3 rings (SSSR count). The number of aryl methyl sites for hydroxylation is 2. The van der Waals surface area contributed by atoms with Crippen LogP contribution in [-0.4, -0.2) is 43.1 Å². The Morgan fingerprint density at radius 2 is 2.08 bits per heavy atom. The van der Waals surface area contributed by atoms with E-state index >= 15 is 0 Å². The highest BCUT2D eigenvalue weighted by Gasteiger charge is 2.29. The number of aromatic amines is 1. The summed E-state index contributed by atoms with van der Waals surface area (Å²) in [5.41, 5.74) is 3.16. The van der Waals surface area contributed by atoms with Crippen LogP contribution in [0.15, 0.2) is 6.07 Å². The second-order valence-corrected chi connectivity index (χ2v) is 6.80. The highest BCUT2D eigenvalue weighted by Crippen LogP contribution is 2.28. The quantitative estimate of drug-likeness (QED) is 0.797. The second kappa shape index (κ2) is 6.39. The SMILES string of the molecule is Cc1nn(C)c(C)c1-c1cc(C(=O)NCC2(O)CCCCC2)[nH]n1. The predicted octanol–water partition coefficient (Wildman–Crippen LogP) is 1.85. The smallest absolute Gasteiger partial charge is 0.269 e. The van der Waals surface area contributed by atoms with Gasteiger partial charge >= 0.3 is 0 Å². The Hall–Kier alpha value is -2.15. The van der Waals surface area contributed by atoms with Crippen molar-refractivity contribution in [2.24, 2.45) is 7.05 Å². The molecule has 130 valence electrons. The maximum atomic E-state index is 12.3. The molecule has 7 heteroatoms. The summed E-state index contributed by atoms with van der Waals surface area (Å²) in [4.78, 5) is 12.3. The highest BCUT2D eigenvalue weighted by molar-refractivity contribution is 5.93. The van der Waals surface area contributed by atoms with Crippen LogP contribution in [0.25, 0.3) is 11.3 Å². The summed E-state index contributed by atoms with van der Waals surface area (Å²) in [6.45, 7) is 4.18. The molecule has 0 spiro atoms. The molecule has 2 heterocycles. The summed E-state index contributed by atoms with van der Waals surface area (Å²) in [5.74, 6) is -0.244. The lowest BCUT2D eigenvalue weighted by Gasteiger charge is -2.31. The molecule has 0 unspecified atom stereocenters. The van der Waals surface area contributed by atoms with Gasteiger partial charge in [0, 0.05) is 24.8 Å². The first kappa shape index (κ1) is 16.7. The summed E-state index contributed by atoms with van der Waals surface area (Å²) in [5, 5.41) is 24.7.